The van der Waals surface area contributed by atoms with Gasteiger partial charge in [0, 0.05) is 20.3 Å². The topological polar surface area (TPSA) is 12.9 Å². The fourth-order valence-electron chi connectivity index (χ4n) is 0.343. The predicted molar refractivity (Wildman–Crippen MR) is 36.6 cm³/mol. The first-order chi connectivity index (χ1) is 6.25. The highest BCUT2D eigenvalue weighted by Crippen LogP contribution is 2.10. The van der Waals surface area contributed by atoms with Crippen molar-refractivity contribution in [2.45, 2.75) is 6.85 Å². The number of nitrogens with zero attached hydrogens (tertiary/aromatic N) is 1. The van der Waals surface area contributed by atoms with Crippen molar-refractivity contribution in [2.75, 3.05) is 0 Å². The Morgan fingerprint density at radius 3 is 3.44 bits per heavy atom. The van der Waals surface area contributed by atoms with Crippen LogP contribution in [0.1, 0.15) is 12.4 Å². The molecule has 0 N–H and O–H groups in total. The lowest BCUT2D eigenvalue weighted by molar-refractivity contribution is 0.574. The molecule has 1 nitrogen and oxygen atoms in total. The molecule has 0 atom stereocenters. The molecule has 0 aliphatic heterocycles. The van der Waals surface area contributed by atoms with Gasteiger partial charge >= 0.3 is 0 Å². The number of aromatic nitrogens is 1. The lowest BCUT2D eigenvalue weighted by Gasteiger charge is -1.92. The summed E-state index contributed by atoms with van der Waals surface area (Å²) in [4.78, 5) is 3.07. The summed E-state index contributed by atoms with van der Waals surface area (Å²) in [5, 5.41) is 0. The van der Waals surface area contributed by atoms with Gasteiger partial charge in [0.05, 0.1) is 2.74 Å². The third-order valence-electron chi connectivity index (χ3n) is 0.693. The Bertz CT molecular complexity index is 377. The minimum Gasteiger partial charge on any atom is -0.227 e. The first-order valence-corrected chi connectivity index (χ1v) is 2.87. The summed E-state index contributed by atoms with van der Waals surface area (Å²) >= 11 is 2.80. The van der Waals surface area contributed by atoms with Gasteiger partial charge in [0.15, 0.2) is 0 Å². The van der Waals surface area contributed by atoms with E-state index in [9.17, 15) is 4.39 Å². The molecule has 1 rings (SSSR count). The molecule has 3 heteroatoms. The molecule has 0 amide bonds. The van der Waals surface area contributed by atoms with Crippen molar-refractivity contribution in [2.24, 2.45) is 0 Å². The van der Waals surface area contributed by atoms with Gasteiger partial charge in [-0.2, -0.15) is 4.39 Å². The van der Waals surface area contributed by atoms with Crippen molar-refractivity contribution in [3.8, 4) is 0 Å². The third kappa shape index (κ3) is 1.48. The van der Waals surface area contributed by atoms with E-state index in [-0.39, 0.29) is 4.47 Å². The molecule has 1 aromatic heterocycles. The lowest BCUT2D eigenvalue weighted by Crippen LogP contribution is -1.85. The molecule has 9 heavy (non-hydrogen) atoms. The Morgan fingerprint density at radius 1 is 2.00 bits per heavy atom. The number of hydrogen-bond acceptors (Lipinski definition) is 1. The van der Waals surface area contributed by atoms with Crippen molar-refractivity contribution >= 4 is 15.9 Å². The van der Waals surface area contributed by atoms with Gasteiger partial charge in [-0.05, 0) is 28.8 Å². The zero-order valence-electron chi connectivity index (χ0n) is 9.20. The van der Waals surface area contributed by atoms with E-state index in [2.05, 4.69) is 20.9 Å². The lowest BCUT2D eigenvalue weighted by atomic mass is 10.3. The maximum atomic E-state index is 13.1. The summed E-state index contributed by atoms with van der Waals surface area (Å²) in [5.74, 6) is -1.29. The molecule has 0 aliphatic rings. The molecule has 0 saturated carbocycles. The van der Waals surface area contributed by atoms with Gasteiger partial charge in [-0.1, -0.05) is 0 Å². The fraction of sp³-hybridized carbons (Fsp3) is 0.167. The van der Waals surface area contributed by atoms with Crippen molar-refractivity contribution in [3.05, 3.63) is 28.2 Å². The number of hydrogen-bond donors (Lipinski definition) is 0. The van der Waals surface area contributed by atoms with Crippen LogP contribution < -0.4 is 0 Å². The third-order valence-corrected chi connectivity index (χ3v) is 1.07. The van der Waals surface area contributed by atoms with Gasteiger partial charge in [0.25, 0.3) is 0 Å². The maximum Gasteiger partial charge on any atom is 0.215 e. The molecule has 48 valence electrons. The standard InChI is InChI=1S/C6H5BrFN/c1-4-2-5(7)3-9-6(4)8/h2-3H,1H3/i1D3,2D,3D. The van der Waals surface area contributed by atoms with Gasteiger partial charge < -0.3 is 0 Å². The summed E-state index contributed by atoms with van der Waals surface area (Å²) in [6, 6.07) is -0.553. The average Bonchev–Trinajstić information content (AvgIpc) is 1.97. The molecule has 0 fully saturated rings. The normalized spacial score (nSPS) is 19.1. The van der Waals surface area contributed by atoms with E-state index in [1.54, 1.807) is 0 Å². The second-order valence-corrected chi connectivity index (χ2v) is 2.12. The summed E-state index contributed by atoms with van der Waals surface area (Å²) < 4.78 is 48.3. The van der Waals surface area contributed by atoms with Gasteiger partial charge in [-0.3, -0.25) is 0 Å². The van der Waals surface area contributed by atoms with Crippen LogP contribution in [0.25, 0.3) is 0 Å². The molecule has 0 spiro atoms. The van der Waals surface area contributed by atoms with Crippen LogP contribution in [-0.4, -0.2) is 4.98 Å². The van der Waals surface area contributed by atoms with Gasteiger partial charge in [-0.15, -0.1) is 0 Å². The smallest absolute Gasteiger partial charge is 0.215 e. The van der Waals surface area contributed by atoms with Crippen LogP contribution in [0.3, 0.4) is 0 Å². The number of rotatable bonds is 0. The Balaban J connectivity index is 3.53. The van der Waals surface area contributed by atoms with Crippen LogP contribution in [0.15, 0.2) is 16.7 Å². The van der Waals surface area contributed by atoms with Crippen LogP contribution in [0.2, 0.25) is 0 Å². The maximum absolute atomic E-state index is 13.1. The highest BCUT2D eigenvalue weighted by molar-refractivity contribution is 9.10. The van der Waals surface area contributed by atoms with E-state index in [1.165, 1.54) is 0 Å². The Kier molecular flexibility index (Phi) is 0.720. The minimum absolute atomic E-state index is 0.120. The molecule has 0 saturated heterocycles. The molecular formula is C6H5BrFN. The largest absolute Gasteiger partial charge is 0.227 e. The Morgan fingerprint density at radius 2 is 2.78 bits per heavy atom. The minimum atomic E-state index is -2.73. The first kappa shape index (κ1) is 2.66. The molecule has 0 unspecified atom stereocenters. The van der Waals surface area contributed by atoms with Crippen LogP contribution >= 0.6 is 15.9 Å². The molecule has 0 bridgehead atoms. The first-order valence-electron chi connectivity index (χ1n) is 4.58. The predicted octanol–water partition coefficient (Wildman–Crippen LogP) is 2.29. The van der Waals surface area contributed by atoms with Gasteiger partial charge in [0.2, 0.25) is 5.95 Å². The second-order valence-electron chi connectivity index (χ2n) is 1.33. The molecule has 1 aromatic rings. The molecule has 0 radical (unpaired) electrons. The number of halogens is 2. The van der Waals surface area contributed by atoms with Crippen molar-refractivity contribution in [1.82, 2.24) is 4.98 Å². The highest BCUT2D eigenvalue weighted by Gasteiger charge is 1.95. The van der Waals surface area contributed by atoms with Crippen LogP contribution in [-0.2, 0) is 0 Å². The fourth-order valence-corrected chi connectivity index (χ4v) is 0.630. The SMILES string of the molecule is [2H]c1nc(F)c(C([2H])([2H])[2H])c([2H])c1Br. The highest BCUT2D eigenvalue weighted by atomic mass is 79.9. The average molecular weight is 195 g/mol. The molecular weight excluding hydrogens is 185 g/mol. The van der Waals surface area contributed by atoms with Crippen molar-refractivity contribution in [1.29, 1.82) is 0 Å². The summed E-state index contributed by atoms with van der Waals surface area (Å²) in [6.07, 6.45) is -0.486. The monoisotopic (exact) mass is 194 g/mol. The Hall–Kier alpha value is -0.440. The van der Waals surface area contributed by atoms with E-state index < -0.39 is 30.6 Å². The Labute approximate surface area is 68.1 Å². The van der Waals surface area contributed by atoms with E-state index >= 15 is 0 Å². The zero-order valence-corrected chi connectivity index (χ0v) is 5.79. The number of pyridine rings is 1. The summed E-state index contributed by atoms with van der Waals surface area (Å²) in [6.45, 7) is -2.73. The quantitative estimate of drug-likeness (QED) is 0.578. The van der Waals surface area contributed by atoms with Crippen LogP contribution in [0.5, 0.6) is 0 Å². The second kappa shape index (κ2) is 2.43. The van der Waals surface area contributed by atoms with Crippen LogP contribution in [0, 0.1) is 12.8 Å². The molecule has 0 aromatic carbocycles. The van der Waals surface area contributed by atoms with Gasteiger partial charge in [-0.25, -0.2) is 4.98 Å². The van der Waals surface area contributed by atoms with E-state index in [0.717, 1.165) is 0 Å². The van der Waals surface area contributed by atoms with E-state index in [0.29, 0.717) is 0 Å². The molecule has 0 aliphatic carbocycles. The van der Waals surface area contributed by atoms with Gasteiger partial charge in [0.1, 0.15) is 0 Å². The zero-order chi connectivity index (χ0) is 11.1. The van der Waals surface area contributed by atoms with Crippen LogP contribution in [0.4, 0.5) is 4.39 Å². The summed E-state index contributed by atoms with van der Waals surface area (Å²) in [5.41, 5.74) is -0.764. The summed E-state index contributed by atoms with van der Waals surface area (Å²) in [7, 11) is 0. The van der Waals surface area contributed by atoms with Crippen molar-refractivity contribution < 1.29 is 11.2 Å². The van der Waals surface area contributed by atoms with Crippen molar-refractivity contribution in [3.63, 3.8) is 0 Å². The van der Waals surface area contributed by atoms with E-state index in [1.807, 2.05) is 0 Å². The van der Waals surface area contributed by atoms with E-state index in [4.69, 9.17) is 6.85 Å². The molecule has 1 heterocycles.